The second kappa shape index (κ2) is 6.24. The summed E-state index contributed by atoms with van der Waals surface area (Å²) >= 11 is 0. The van der Waals surface area contributed by atoms with Crippen molar-refractivity contribution in [3.8, 4) is 5.88 Å². The Morgan fingerprint density at radius 2 is 2.33 bits per heavy atom. The summed E-state index contributed by atoms with van der Waals surface area (Å²) in [5, 5.41) is 3.56. The van der Waals surface area contributed by atoms with E-state index in [4.69, 9.17) is 9.47 Å². The summed E-state index contributed by atoms with van der Waals surface area (Å²) in [5.74, 6) is 0.621. The maximum Gasteiger partial charge on any atom is 0.212 e. The van der Waals surface area contributed by atoms with E-state index >= 15 is 0 Å². The van der Waals surface area contributed by atoms with Crippen molar-refractivity contribution in [3.05, 3.63) is 42.1 Å². The number of pyridine rings is 1. The van der Waals surface area contributed by atoms with E-state index in [0.717, 1.165) is 30.8 Å². The normalized spacial score (nSPS) is 21.6. The van der Waals surface area contributed by atoms with Gasteiger partial charge < -0.3 is 19.4 Å². The van der Waals surface area contributed by atoms with Crippen LogP contribution in [0, 0.1) is 0 Å². The van der Waals surface area contributed by atoms with Crippen LogP contribution >= 0.6 is 0 Å². The molecule has 0 spiro atoms. The molecule has 3 heterocycles. The van der Waals surface area contributed by atoms with Crippen molar-refractivity contribution >= 4 is 0 Å². The number of ether oxygens (including phenoxy) is 2. The molecule has 1 aliphatic heterocycles. The van der Waals surface area contributed by atoms with E-state index in [1.165, 1.54) is 0 Å². The molecule has 1 saturated heterocycles. The zero-order chi connectivity index (χ0) is 14.7. The molecule has 2 aromatic rings. The van der Waals surface area contributed by atoms with E-state index in [2.05, 4.69) is 15.3 Å². The molecule has 1 N–H and O–H groups in total. The highest BCUT2D eigenvalue weighted by Gasteiger charge is 2.29. The van der Waals surface area contributed by atoms with Crippen molar-refractivity contribution in [2.24, 2.45) is 7.05 Å². The van der Waals surface area contributed by atoms with E-state index in [1.54, 1.807) is 7.11 Å². The summed E-state index contributed by atoms with van der Waals surface area (Å²) in [7, 11) is 3.62. The Balaban J connectivity index is 1.65. The van der Waals surface area contributed by atoms with Crippen LogP contribution in [0.1, 0.15) is 23.8 Å². The molecular weight excluding hydrogens is 268 g/mol. The van der Waals surface area contributed by atoms with E-state index in [-0.39, 0.29) is 12.1 Å². The summed E-state index contributed by atoms with van der Waals surface area (Å²) in [4.78, 5) is 8.39. The van der Waals surface area contributed by atoms with Crippen LogP contribution in [0.3, 0.4) is 0 Å². The van der Waals surface area contributed by atoms with Crippen LogP contribution in [0.25, 0.3) is 0 Å². The molecule has 1 aliphatic rings. The standard InChI is InChI=1S/C15H20N4O2/c1-19-10-16-8-12(19)9-17-13-5-6-21-15(13)11-3-4-14(20-2)18-7-11/h3-4,7-8,10,13,15,17H,5-6,9H2,1-2H3/t13-,15+/m0/s1. The lowest BCUT2D eigenvalue weighted by molar-refractivity contribution is 0.0980. The predicted octanol–water partition coefficient (Wildman–Crippen LogP) is 1.44. The van der Waals surface area contributed by atoms with Crippen LogP contribution in [0.2, 0.25) is 0 Å². The first-order valence-electron chi connectivity index (χ1n) is 7.08. The number of aromatic nitrogens is 3. The number of nitrogens with zero attached hydrogens (tertiary/aromatic N) is 3. The predicted molar refractivity (Wildman–Crippen MR) is 77.9 cm³/mol. The minimum atomic E-state index is 0.0385. The lowest BCUT2D eigenvalue weighted by Gasteiger charge is -2.20. The van der Waals surface area contributed by atoms with Crippen LogP contribution in [-0.4, -0.2) is 34.3 Å². The fourth-order valence-electron chi connectivity index (χ4n) is 2.60. The molecule has 2 aromatic heterocycles. The maximum atomic E-state index is 5.86. The van der Waals surface area contributed by atoms with E-state index < -0.39 is 0 Å². The van der Waals surface area contributed by atoms with E-state index in [9.17, 15) is 0 Å². The summed E-state index contributed by atoms with van der Waals surface area (Å²) in [6.45, 7) is 1.55. The number of nitrogens with one attached hydrogen (secondary N) is 1. The van der Waals surface area contributed by atoms with Crippen LogP contribution in [0.4, 0.5) is 0 Å². The lowest BCUT2D eigenvalue weighted by atomic mass is 10.0. The number of aryl methyl sites for hydroxylation is 1. The van der Waals surface area contributed by atoms with Gasteiger partial charge in [0.05, 0.1) is 25.2 Å². The van der Waals surface area contributed by atoms with Gasteiger partial charge in [-0.05, 0) is 12.5 Å². The Morgan fingerprint density at radius 1 is 1.43 bits per heavy atom. The average molecular weight is 288 g/mol. The van der Waals surface area contributed by atoms with Crippen molar-refractivity contribution in [2.45, 2.75) is 25.1 Å². The Labute approximate surface area is 124 Å². The first-order chi connectivity index (χ1) is 10.3. The summed E-state index contributed by atoms with van der Waals surface area (Å²) < 4.78 is 13.0. The van der Waals surface area contributed by atoms with Crippen LogP contribution in [0.5, 0.6) is 5.88 Å². The molecule has 0 bridgehead atoms. The molecule has 0 radical (unpaired) electrons. The first kappa shape index (κ1) is 14.0. The van der Waals surface area contributed by atoms with Crippen molar-refractivity contribution in [1.29, 1.82) is 0 Å². The highest BCUT2D eigenvalue weighted by Crippen LogP contribution is 2.29. The Hall–Kier alpha value is -1.92. The van der Waals surface area contributed by atoms with Gasteiger partial charge in [-0.25, -0.2) is 9.97 Å². The third-order valence-corrected chi connectivity index (χ3v) is 3.85. The van der Waals surface area contributed by atoms with Gasteiger partial charge in [0.1, 0.15) is 0 Å². The topological polar surface area (TPSA) is 61.2 Å². The fraction of sp³-hybridized carbons (Fsp3) is 0.467. The van der Waals surface area contributed by atoms with Gasteiger partial charge in [0.15, 0.2) is 0 Å². The summed E-state index contributed by atoms with van der Waals surface area (Å²) in [6, 6.07) is 4.17. The van der Waals surface area contributed by atoms with Gasteiger partial charge in [0, 0.05) is 50.3 Å². The molecule has 3 rings (SSSR count). The van der Waals surface area contributed by atoms with E-state index in [1.807, 2.05) is 42.5 Å². The van der Waals surface area contributed by atoms with Crippen molar-refractivity contribution < 1.29 is 9.47 Å². The number of methoxy groups -OCH3 is 1. The SMILES string of the molecule is COc1ccc([C@H]2OCC[C@@H]2NCc2cncn2C)cn1. The molecule has 0 aliphatic carbocycles. The fourth-order valence-corrected chi connectivity index (χ4v) is 2.60. The van der Waals surface area contributed by atoms with Crippen LogP contribution in [0.15, 0.2) is 30.9 Å². The van der Waals surface area contributed by atoms with Gasteiger partial charge >= 0.3 is 0 Å². The summed E-state index contributed by atoms with van der Waals surface area (Å²) in [5.41, 5.74) is 2.24. The third-order valence-electron chi connectivity index (χ3n) is 3.85. The largest absolute Gasteiger partial charge is 0.481 e. The van der Waals surface area contributed by atoms with Gasteiger partial charge in [0.2, 0.25) is 5.88 Å². The first-order valence-corrected chi connectivity index (χ1v) is 7.08. The molecular formula is C15H20N4O2. The molecule has 2 atom stereocenters. The number of rotatable bonds is 5. The van der Waals surface area contributed by atoms with Crippen molar-refractivity contribution in [2.75, 3.05) is 13.7 Å². The van der Waals surface area contributed by atoms with Gasteiger partial charge in [-0.3, -0.25) is 0 Å². The van der Waals surface area contributed by atoms with Gasteiger partial charge in [0.25, 0.3) is 0 Å². The minimum absolute atomic E-state index is 0.0385. The number of imidazole rings is 1. The zero-order valence-electron chi connectivity index (χ0n) is 12.3. The Morgan fingerprint density at radius 3 is 3.00 bits per heavy atom. The molecule has 6 heteroatoms. The van der Waals surface area contributed by atoms with Crippen LogP contribution in [-0.2, 0) is 18.3 Å². The van der Waals surface area contributed by atoms with Crippen molar-refractivity contribution in [3.63, 3.8) is 0 Å². The number of hydrogen-bond acceptors (Lipinski definition) is 5. The smallest absolute Gasteiger partial charge is 0.212 e. The Kier molecular flexibility index (Phi) is 4.17. The van der Waals surface area contributed by atoms with Gasteiger partial charge in [-0.2, -0.15) is 0 Å². The molecule has 0 amide bonds. The molecule has 1 fully saturated rings. The maximum absolute atomic E-state index is 5.86. The molecule has 21 heavy (non-hydrogen) atoms. The molecule has 0 aromatic carbocycles. The second-order valence-corrected chi connectivity index (χ2v) is 5.20. The number of hydrogen-bond donors (Lipinski definition) is 1. The van der Waals surface area contributed by atoms with Crippen LogP contribution < -0.4 is 10.1 Å². The lowest BCUT2D eigenvalue weighted by Crippen LogP contribution is -2.31. The monoisotopic (exact) mass is 288 g/mol. The van der Waals surface area contributed by atoms with E-state index in [0.29, 0.717) is 5.88 Å². The highest BCUT2D eigenvalue weighted by molar-refractivity contribution is 5.22. The minimum Gasteiger partial charge on any atom is -0.481 e. The molecule has 112 valence electrons. The third kappa shape index (κ3) is 3.06. The van der Waals surface area contributed by atoms with Crippen molar-refractivity contribution in [1.82, 2.24) is 19.9 Å². The molecule has 6 nitrogen and oxygen atoms in total. The van der Waals surface area contributed by atoms with Gasteiger partial charge in [-0.15, -0.1) is 0 Å². The zero-order valence-corrected chi connectivity index (χ0v) is 12.3. The Bertz CT molecular complexity index is 582. The summed E-state index contributed by atoms with van der Waals surface area (Å²) in [6.07, 6.45) is 6.55. The molecule has 0 unspecified atom stereocenters. The van der Waals surface area contributed by atoms with Gasteiger partial charge in [-0.1, -0.05) is 0 Å². The quantitative estimate of drug-likeness (QED) is 0.902. The molecule has 0 saturated carbocycles. The second-order valence-electron chi connectivity index (χ2n) is 5.20. The highest BCUT2D eigenvalue weighted by atomic mass is 16.5. The average Bonchev–Trinajstić information content (AvgIpc) is 3.14.